The number of benzene rings is 2. The minimum absolute atomic E-state index is 0.534. The molecule has 0 aliphatic heterocycles. The molecule has 0 saturated heterocycles. The summed E-state index contributed by atoms with van der Waals surface area (Å²) in [6, 6.07) is 18.3. The van der Waals surface area contributed by atoms with Crippen LogP contribution in [0.25, 0.3) is 22.0 Å². The van der Waals surface area contributed by atoms with Crippen LogP contribution >= 0.6 is 0 Å². The van der Waals surface area contributed by atoms with E-state index in [0.717, 1.165) is 33.3 Å². The van der Waals surface area contributed by atoms with Crippen LogP contribution in [0.5, 0.6) is 5.75 Å². The third-order valence-corrected chi connectivity index (χ3v) is 3.74. The van der Waals surface area contributed by atoms with Gasteiger partial charge in [0.1, 0.15) is 12.4 Å². The van der Waals surface area contributed by atoms with Crippen molar-refractivity contribution in [3.63, 3.8) is 0 Å². The highest BCUT2D eigenvalue weighted by molar-refractivity contribution is 5.83. The molecular formula is C19H15N3O. The molecule has 0 spiro atoms. The zero-order valence-electron chi connectivity index (χ0n) is 12.4. The minimum atomic E-state index is 0.534. The quantitative estimate of drug-likeness (QED) is 0.614. The van der Waals surface area contributed by atoms with Crippen LogP contribution in [0.2, 0.25) is 0 Å². The van der Waals surface area contributed by atoms with E-state index in [9.17, 15) is 0 Å². The fraction of sp³-hybridized carbons (Fsp3) is 0.0526. The number of hydrogen-bond donors (Lipinski definition) is 1. The highest BCUT2D eigenvalue weighted by Gasteiger charge is 2.04. The smallest absolute Gasteiger partial charge is 0.138 e. The van der Waals surface area contributed by atoms with Gasteiger partial charge in [0.25, 0.3) is 0 Å². The average molecular weight is 301 g/mol. The lowest BCUT2D eigenvalue weighted by Gasteiger charge is -2.08. The van der Waals surface area contributed by atoms with E-state index in [2.05, 4.69) is 27.3 Å². The molecule has 4 aromatic rings. The number of fused-ring (bicyclic) bond motifs is 1. The van der Waals surface area contributed by atoms with Gasteiger partial charge in [-0.15, -0.1) is 0 Å². The van der Waals surface area contributed by atoms with Crippen LogP contribution in [0.4, 0.5) is 0 Å². The topological polar surface area (TPSA) is 50.8 Å². The molecule has 0 atom stereocenters. The SMILES string of the molecule is c1ccc(COc2cncc(-c3ccc4[nH]ncc4c3)c2)cc1. The number of hydrogen-bond acceptors (Lipinski definition) is 3. The molecule has 4 heteroatoms. The number of rotatable bonds is 4. The molecule has 0 aliphatic rings. The van der Waals surface area contributed by atoms with E-state index < -0.39 is 0 Å². The number of nitrogens with zero attached hydrogens (tertiary/aromatic N) is 2. The van der Waals surface area contributed by atoms with E-state index in [1.165, 1.54) is 0 Å². The fourth-order valence-corrected chi connectivity index (χ4v) is 2.52. The van der Waals surface area contributed by atoms with E-state index in [1.54, 1.807) is 6.20 Å². The van der Waals surface area contributed by atoms with Crippen molar-refractivity contribution >= 4 is 10.9 Å². The maximum Gasteiger partial charge on any atom is 0.138 e. The molecule has 4 nitrogen and oxygen atoms in total. The average Bonchev–Trinajstić information content (AvgIpc) is 3.09. The lowest BCUT2D eigenvalue weighted by Crippen LogP contribution is -1.95. The Balaban J connectivity index is 1.58. The molecule has 0 bridgehead atoms. The Bertz CT molecular complexity index is 931. The third-order valence-electron chi connectivity index (χ3n) is 3.74. The summed E-state index contributed by atoms with van der Waals surface area (Å²) in [6.07, 6.45) is 5.40. The Hall–Kier alpha value is -3.14. The Labute approximate surface area is 133 Å². The highest BCUT2D eigenvalue weighted by atomic mass is 16.5. The van der Waals surface area contributed by atoms with Crippen molar-refractivity contribution < 1.29 is 4.74 Å². The maximum absolute atomic E-state index is 5.85. The molecule has 4 rings (SSSR count). The Morgan fingerprint density at radius 3 is 2.70 bits per heavy atom. The van der Waals surface area contributed by atoms with Gasteiger partial charge < -0.3 is 4.74 Å². The Morgan fingerprint density at radius 2 is 1.78 bits per heavy atom. The number of aromatic amines is 1. The summed E-state index contributed by atoms with van der Waals surface area (Å²) < 4.78 is 5.85. The minimum Gasteiger partial charge on any atom is -0.487 e. The van der Waals surface area contributed by atoms with Crippen molar-refractivity contribution in [3.8, 4) is 16.9 Å². The van der Waals surface area contributed by atoms with Crippen LogP contribution in [0.1, 0.15) is 5.56 Å². The van der Waals surface area contributed by atoms with Crippen LogP contribution in [0, 0.1) is 0 Å². The molecule has 0 unspecified atom stereocenters. The van der Waals surface area contributed by atoms with Gasteiger partial charge >= 0.3 is 0 Å². The number of ether oxygens (including phenoxy) is 1. The van der Waals surface area contributed by atoms with Gasteiger partial charge in [0, 0.05) is 17.1 Å². The van der Waals surface area contributed by atoms with E-state index in [4.69, 9.17) is 4.74 Å². The summed E-state index contributed by atoms with van der Waals surface area (Å²) in [6.45, 7) is 0.534. The summed E-state index contributed by atoms with van der Waals surface area (Å²) in [7, 11) is 0. The molecule has 0 fully saturated rings. The van der Waals surface area contributed by atoms with E-state index in [-0.39, 0.29) is 0 Å². The van der Waals surface area contributed by atoms with Crippen LogP contribution < -0.4 is 4.74 Å². The predicted octanol–water partition coefficient (Wildman–Crippen LogP) is 4.20. The van der Waals surface area contributed by atoms with Crippen LogP contribution in [-0.4, -0.2) is 15.2 Å². The number of aromatic nitrogens is 3. The molecule has 0 radical (unpaired) electrons. The molecular weight excluding hydrogens is 286 g/mol. The van der Waals surface area contributed by atoms with Gasteiger partial charge in [0.15, 0.2) is 0 Å². The Morgan fingerprint density at radius 1 is 0.870 bits per heavy atom. The molecule has 112 valence electrons. The largest absolute Gasteiger partial charge is 0.487 e. The maximum atomic E-state index is 5.85. The predicted molar refractivity (Wildman–Crippen MR) is 90.1 cm³/mol. The molecule has 0 saturated carbocycles. The van der Waals surface area contributed by atoms with E-state index >= 15 is 0 Å². The lowest BCUT2D eigenvalue weighted by molar-refractivity contribution is 0.305. The van der Waals surface area contributed by atoms with Gasteiger partial charge in [-0.1, -0.05) is 36.4 Å². The van der Waals surface area contributed by atoms with Crippen molar-refractivity contribution in [1.82, 2.24) is 15.2 Å². The van der Waals surface area contributed by atoms with Crippen molar-refractivity contribution in [3.05, 3.63) is 78.8 Å². The van der Waals surface area contributed by atoms with Crippen molar-refractivity contribution in [2.24, 2.45) is 0 Å². The molecule has 0 amide bonds. The molecule has 1 N–H and O–H groups in total. The highest BCUT2D eigenvalue weighted by Crippen LogP contribution is 2.25. The lowest BCUT2D eigenvalue weighted by atomic mass is 10.1. The summed E-state index contributed by atoms with van der Waals surface area (Å²) in [5.41, 5.74) is 4.28. The monoisotopic (exact) mass is 301 g/mol. The van der Waals surface area contributed by atoms with Crippen LogP contribution in [-0.2, 0) is 6.61 Å². The fourth-order valence-electron chi connectivity index (χ4n) is 2.52. The standard InChI is InChI=1S/C19H15N3O/c1-2-4-14(5-3-1)13-23-18-9-16(10-20-12-18)15-6-7-19-17(8-15)11-21-22-19/h1-12H,13H2,(H,21,22). The molecule has 2 heterocycles. The summed E-state index contributed by atoms with van der Waals surface area (Å²) in [5, 5.41) is 8.09. The van der Waals surface area contributed by atoms with E-state index in [1.807, 2.05) is 54.9 Å². The number of pyridine rings is 1. The molecule has 2 aromatic heterocycles. The van der Waals surface area contributed by atoms with Gasteiger partial charge in [-0.05, 0) is 29.3 Å². The second-order valence-corrected chi connectivity index (χ2v) is 5.36. The summed E-state index contributed by atoms with van der Waals surface area (Å²) >= 11 is 0. The second-order valence-electron chi connectivity index (χ2n) is 5.36. The first-order chi connectivity index (χ1) is 11.4. The summed E-state index contributed by atoms with van der Waals surface area (Å²) in [5.74, 6) is 0.763. The third kappa shape index (κ3) is 2.92. The van der Waals surface area contributed by atoms with Gasteiger partial charge in [-0.25, -0.2) is 0 Å². The van der Waals surface area contributed by atoms with Crippen LogP contribution in [0.15, 0.2) is 73.2 Å². The number of H-pyrrole nitrogens is 1. The van der Waals surface area contributed by atoms with Gasteiger partial charge in [0.05, 0.1) is 17.9 Å². The van der Waals surface area contributed by atoms with Crippen molar-refractivity contribution in [2.45, 2.75) is 6.61 Å². The zero-order chi connectivity index (χ0) is 15.5. The van der Waals surface area contributed by atoms with Gasteiger partial charge in [-0.3, -0.25) is 10.1 Å². The van der Waals surface area contributed by atoms with Crippen molar-refractivity contribution in [2.75, 3.05) is 0 Å². The van der Waals surface area contributed by atoms with Gasteiger partial charge in [0.2, 0.25) is 0 Å². The van der Waals surface area contributed by atoms with Gasteiger partial charge in [-0.2, -0.15) is 5.10 Å². The first-order valence-corrected chi connectivity index (χ1v) is 7.44. The second kappa shape index (κ2) is 5.93. The molecule has 2 aromatic carbocycles. The summed E-state index contributed by atoms with van der Waals surface area (Å²) in [4.78, 5) is 4.29. The van der Waals surface area contributed by atoms with Crippen molar-refractivity contribution in [1.29, 1.82) is 0 Å². The first-order valence-electron chi connectivity index (χ1n) is 7.44. The molecule has 0 aliphatic carbocycles. The molecule has 23 heavy (non-hydrogen) atoms. The normalized spacial score (nSPS) is 10.8. The zero-order valence-corrected chi connectivity index (χ0v) is 12.4. The first kappa shape index (κ1) is 13.5. The number of nitrogens with one attached hydrogen (secondary N) is 1. The van der Waals surface area contributed by atoms with Crippen LogP contribution in [0.3, 0.4) is 0 Å². The van der Waals surface area contributed by atoms with E-state index in [0.29, 0.717) is 6.61 Å². The Kier molecular flexibility index (Phi) is 3.48.